The van der Waals surface area contributed by atoms with Crippen molar-refractivity contribution in [1.29, 1.82) is 0 Å². The fourth-order valence-corrected chi connectivity index (χ4v) is 11.7. The number of hydrazine groups is 1. The van der Waals surface area contributed by atoms with E-state index in [2.05, 4.69) is 59.6 Å². The molecule has 2 aliphatic carbocycles. The number of esters is 1. The smallest absolute Gasteiger partial charge is 0.324 e. The maximum Gasteiger partial charge on any atom is 0.324 e. The Morgan fingerprint density at radius 3 is 2.49 bits per heavy atom. The number of aromatic hydroxyl groups is 1. The first-order chi connectivity index (χ1) is 34.5. The maximum absolute atomic E-state index is 14.9. The number of benzene rings is 2. The van der Waals surface area contributed by atoms with E-state index in [0.29, 0.717) is 44.2 Å². The Labute approximate surface area is 422 Å². The molecule has 17 nitrogen and oxygen atoms in total. The van der Waals surface area contributed by atoms with E-state index in [0.717, 1.165) is 70.2 Å². The van der Waals surface area contributed by atoms with Crippen LogP contribution in [0.5, 0.6) is 5.75 Å². The minimum Gasteiger partial charge on any atom is -0.508 e. The van der Waals surface area contributed by atoms with Crippen molar-refractivity contribution >= 4 is 40.5 Å². The van der Waals surface area contributed by atoms with Crippen molar-refractivity contribution in [3.8, 4) is 28.1 Å². The quantitative estimate of drug-likeness (QED) is 0.0976. The number of amides is 4. The van der Waals surface area contributed by atoms with Gasteiger partial charge in [0.2, 0.25) is 17.7 Å². The number of aromatic nitrogens is 2. The summed E-state index contributed by atoms with van der Waals surface area (Å²) in [6, 6.07) is 12.1. The highest BCUT2D eigenvalue weighted by Gasteiger charge is 2.63. The number of cyclic esters (lactones) is 1. The number of nitrogens with one attached hydrogen (secondary N) is 3. The minimum absolute atomic E-state index is 0.00905. The predicted molar refractivity (Wildman–Crippen MR) is 271 cm³/mol. The number of carbonyl (C=O) groups excluding carboxylic acids is 5. The summed E-state index contributed by atoms with van der Waals surface area (Å²) < 4.78 is 20.0. The minimum atomic E-state index is -1.17. The number of nitrogens with zero attached hydrogens (tertiary/aromatic N) is 5. The fourth-order valence-electron chi connectivity index (χ4n) is 11.7. The van der Waals surface area contributed by atoms with Crippen LogP contribution in [0.3, 0.4) is 0 Å². The van der Waals surface area contributed by atoms with Gasteiger partial charge in [0.1, 0.15) is 29.9 Å². The summed E-state index contributed by atoms with van der Waals surface area (Å²) in [5, 5.41) is 20.2. The summed E-state index contributed by atoms with van der Waals surface area (Å²) in [5.41, 5.74) is 9.24. The van der Waals surface area contributed by atoms with E-state index in [1.165, 1.54) is 14.8 Å². The van der Waals surface area contributed by atoms with E-state index < -0.39 is 53.3 Å². The third-order valence-electron chi connectivity index (χ3n) is 15.9. The van der Waals surface area contributed by atoms with Crippen LogP contribution in [0.4, 0.5) is 0 Å². The second-order valence-electron chi connectivity index (χ2n) is 21.6. The van der Waals surface area contributed by atoms with Crippen molar-refractivity contribution in [1.82, 2.24) is 40.4 Å². The largest absolute Gasteiger partial charge is 0.508 e. The lowest BCUT2D eigenvalue weighted by atomic mass is 9.84. The molecule has 5 aliphatic rings. The summed E-state index contributed by atoms with van der Waals surface area (Å²) in [6.07, 6.45) is 7.92. The van der Waals surface area contributed by atoms with Gasteiger partial charge in [0.05, 0.1) is 42.3 Å². The number of methoxy groups -OCH3 is 2. The van der Waals surface area contributed by atoms with Gasteiger partial charge in [-0.2, -0.15) is 0 Å². The molecule has 2 saturated carbocycles. The first-order valence-electron chi connectivity index (χ1n) is 25.8. The zero-order chi connectivity index (χ0) is 51.2. The average Bonchev–Trinajstić information content (AvgIpc) is 4.28. The molecule has 9 rings (SSSR count). The van der Waals surface area contributed by atoms with Crippen molar-refractivity contribution in [2.24, 2.45) is 11.3 Å². The second-order valence-corrected chi connectivity index (χ2v) is 21.6. The summed E-state index contributed by atoms with van der Waals surface area (Å²) in [7, 11) is 6.52. The van der Waals surface area contributed by atoms with Gasteiger partial charge in [0.15, 0.2) is 0 Å². The number of fused-ring (bicyclic) bond motifs is 6. The van der Waals surface area contributed by atoms with Crippen molar-refractivity contribution in [2.75, 3.05) is 48.0 Å². The highest BCUT2D eigenvalue weighted by Crippen LogP contribution is 2.48. The van der Waals surface area contributed by atoms with Crippen molar-refractivity contribution < 1.29 is 43.3 Å². The fraction of sp³-hybridized carbons (Fsp3) is 0.564. The van der Waals surface area contributed by atoms with Gasteiger partial charge in [-0.15, -0.1) is 0 Å². The highest BCUT2D eigenvalue weighted by molar-refractivity contribution is 5.96. The van der Waals surface area contributed by atoms with Gasteiger partial charge < -0.3 is 39.0 Å². The van der Waals surface area contributed by atoms with Crippen LogP contribution in [0.15, 0.2) is 54.7 Å². The van der Waals surface area contributed by atoms with Gasteiger partial charge in [0, 0.05) is 75.9 Å². The second kappa shape index (κ2) is 20.6. The molecule has 6 atom stereocenters. The Morgan fingerprint density at radius 2 is 1.78 bits per heavy atom. The molecule has 1 unspecified atom stereocenters. The van der Waals surface area contributed by atoms with Crippen LogP contribution in [0.1, 0.15) is 102 Å². The van der Waals surface area contributed by atoms with E-state index in [9.17, 15) is 29.1 Å². The number of aryl methyl sites for hydroxylation is 1. The SMILES string of the molecule is CCn1c(-c2cccnc2[C@H](C)OC)c2c3cc(ccc31)-c1cc(O)cc(c1)C[C@H](NC(=O)C(C1CCCC1)N(C)C(=O)CN(C)C(=O)[C@@H]1N[C@@H]1C1(OC)CC1)C(=O)N1CCC[C@H](N1)C(=O)OCC(C)(C)C2. The van der Waals surface area contributed by atoms with E-state index in [-0.39, 0.29) is 61.4 Å². The third-order valence-corrected chi connectivity index (χ3v) is 15.9. The first-order valence-corrected chi connectivity index (χ1v) is 25.8. The molecule has 386 valence electrons. The molecule has 4 amide bonds. The molecular weight excluding hydrogens is 917 g/mol. The lowest BCUT2D eigenvalue weighted by Crippen LogP contribution is -2.62. The van der Waals surface area contributed by atoms with Crippen molar-refractivity contribution in [3.05, 3.63) is 71.5 Å². The molecule has 0 radical (unpaired) electrons. The molecule has 2 saturated heterocycles. The molecule has 72 heavy (non-hydrogen) atoms. The Hall–Kier alpha value is -5.88. The molecule has 6 bridgehead atoms. The molecule has 2 aromatic carbocycles. The molecule has 4 N–H and O–H groups in total. The summed E-state index contributed by atoms with van der Waals surface area (Å²) in [6.45, 7) is 9.07. The van der Waals surface area contributed by atoms with Crippen molar-refractivity contribution in [2.45, 2.75) is 140 Å². The first kappa shape index (κ1) is 51.0. The van der Waals surface area contributed by atoms with Gasteiger partial charge in [-0.25, -0.2) is 5.43 Å². The van der Waals surface area contributed by atoms with Gasteiger partial charge in [0.25, 0.3) is 5.91 Å². The molecule has 5 heterocycles. The Bertz CT molecular complexity index is 2730. The molecule has 2 aromatic heterocycles. The van der Waals surface area contributed by atoms with E-state index >= 15 is 0 Å². The van der Waals surface area contributed by atoms with Gasteiger partial charge in [-0.3, -0.25) is 39.3 Å². The number of phenolic OH excluding ortho intramolecular Hbond substituents is 1. The molecular formula is C55H72N8O9. The van der Waals surface area contributed by atoms with Gasteiger partial charge >= 0.3 is 5.97 Å². The van der Waals surface area contributed by atoms with Crippen molar-refractivity contribution in [3.63, 3.8) is 0 Å². The number of pyridine rings is 1. The van der Waals surface area contributed by atoms with E-state index in [4.69, 9.17) is 19.2 Å². The number of rotatable bonds is 13. The zero-order valence-corrected chi connectivity index (χ0v) is 43.1. The molecule has 3 aliphatic heterocycles. The number of carbonyl (C=O) groups is 5. The van der Waals surface area contributed by atoms with E-state index in [1.54, 1.807) is 46.6 Å². The number of hydrogen-bond donors (Lipinski definition) is 4. The summed E-state index contributed by atoms with van der Waals surface area (Å²) >= 11 is 0. The Morgan fingerprint density at radius 1 is 1.01 bits per heavy atom. The van der Waals surface area contributed by atoms with Gasteiger partial charge in [-0.05, 0) is 123 Å². The zero-order valence-electron chi connectivity index (χ0n) is 43.1. The predicted octanol–water partition coefficient (Wildman–Crippen LogP) is 5.45. The average molecular weight is 989 g/mol. The van der Waals surface area contributed by atoms with Crippen LogP contribution in [-0.4, -0.2) is 143 Å². The maximum atomic E-state index is 14.9. The normalized spacial score (nSPS) is 23.7. The Kier molecular flexibility index (Phi) is 14.6. The third kappa shape index (κ3) is 10.2. The molecule has 0 spiro atoms. The number of likely N-dealkylation sites (N-methyl/N-ethyl adjacent to an activating group) is 2. The monoisotopic (exact) mass is 989 g/mol. The van der Waals surface area contributed by atoms with Crippen LogP contribution >= 0.6 is 0 Å². The highest BCUT2D eigenvalue weighted by atomic mass is 16.5. The van der Waals surface area contributed by atoms with Gasteiger partial charge in [-0.1, -0.05) is 38.8 Å². The Balaban J connectivity index is 1.07. The number of hydrogen-bond acceptors (Lipinski definition) is 12. The number of ether oxygens (including phenoxy) is 3. The lowest BCUT2D eigenvalue weighted by molar-refractivity contribution is -0.155. The van der Waals surface area contributed by atoms with Crippen LogP contribution in [-0.2, 0) is 57.6 Å². The molecule has 4 fully saturated rings. The molecule has 4 aromatic rings. The van der Waals surface area contributed by atoms with Crippen LogP contribution in [0, 0.1) is 11.3 Å². The molecule has 17 heteroatoms. The van der Waals surface area contributed by atoms with E-state index in [1.807, 2.05) is 25.1 Å². The summed E-state index contributed by atoms with van der Waals surface area (Å²) in [5.74, 6) is -2.24. The van der Waals surface area contributed by atoms with Crippen LogP contribution in [0.2, 0.25) is 0 Å². The van der Waals surface area contributed by atoms with Crippen LogP contribution in [0.25, 0.3) is 33.3 Å². The standard InChI is InChI=1S/C55H72N8O9/c1-9-62-43-19-18-35-28-39(43)40(48(62)38-16-12-22-56-45(38)32(2)70-7)29-54(3,4)31-72-53(69)41-17-13-23-63(59-41)51(67)42(26-33-24-36(35)27-37(64)25-33)57-50(66)47(34-14-10-11-15-34)61(6)44(65)30-60(5)52(68)46-49(58-46)55(71-8)20-21-55/h12,16,18-19,22,24-25,27-28,32,34,41-42,46-47,49,58-59,64H,9-11,13-15,17,20-21,23,26,29-31H2,1-8H3,(H,57,66)/t32-,41-,42-,46+,47?,49-/m0/s1. The lowest BCUT2D eigenvalue weighted by Gasteiger charge is -2.37. The summed E-state index contributed by atoms with van der Waals surface area (Å²) in [4.78, 5) is 79.2. The number of phenols is 1. The topological polar surface area (TPSA) is 207 Å². The van der Waals surface area contributed by atoms with Crippen LogP contribution < -0.4 is 16.1 Å².